The number of hydrogen-bond donors (Lipinski definition) is 1. The molecule has 0 aliphatic carbocycles. The molecule has 0 fully saturated rings. The summed E-state index contributed by atoms with van der Waals surface area (Å²) < 4.78 is 8.00. The van der Waals surface area contributed by atoms with Crippen molar-refractivity contribution in [2.24, 2.45) is 10.1 Å². The van der Waals surface area contributed by atoms with Gasteiger partial charge in [0.15, 0.2) is 5.84 Å². The van der Waals surface area contributed by atoms with E-state index >= 15 is 0 Å². The molecule has 8 heteroatoms. The third-order valence-electron chi connectivity index (χ3n) is 6.22. The highest BCUT2D eigenvalue weighted by Gasteiger charge is 2.36. The zero-order valence-corrected chi connectivity index (χ0v) is 21.5. The van der Waals surface area contributed by atoms with E-state index in [1.807, 2.05) is 51.1 Å². The van der Waals surface area contributed by atoms with Crippen LogP contribution in [0.15, 0.2) is 70.3 Å². The summed E-state index contributed by atoms with van der Waals surface area (Å²) in [6.07, 6.45) is 2.73. The molecule has 1 N–H and O–H groups in total. The second kappa shape index (κ2) is 9.62. The summed E-state index contributed by atoms with van der Waals surface area (Å²) in [4.78, 5) is 17.1. The number of benzene rings is 2. The van der Waals surface area contributed by atoms with E-state index in [0.29, 0.717) is 10.2 Å². The molecule has 0 unspecified atom stereocenters. The van der Waals surface area contributed by atoms with Crippen LogP contribution in [-0.4, -0.2) is 38.1 Å². The number of carbonyl (C=O) groups is 1. The monoisotopic (exact) mass is 497 g/mol. The van der Waals surface area contributed by atoms with Crippen molar-refractivity contribution in [1.29, 1.82) is 5.41 Å². The van der Waals surface area contributed by atoms with Crippen LogP contribution in [0.3, 0.4) is 0 Å². The van der Waals surface area contributed by atoms with Crippen LogP contribution >= 0.6 is 11.8 Å². The highest BCUT2D eigenvalue weighted by atomic mass is 32.2. The first kappa shape index (κ1) is 23.8. The lowest BCUT2D eigenvalue weighted by Gasteiger charge is -2.20. The molecule has 7 nitrogen and oxygen atoms in total. The lowest BCUT2D eigenvalue weighted by molar-refractivity contribution is -0.114. The molecule has 182 valence electrons. The van der Waals surface area contributed by atoms with Crippen LogP contribution in [0.1, 0.15) is 35.0 Å². The molecule has 3 aromatic rings. The van der Waals surface area contributed by atoms with Gasteiger partial charge in [0, 0.05) is 17.1 Å². The van der Waals surface area contributed by atoms with Crippen LogP contribution in [0.25, 0.3) is 11.8 Å². The van der Waals surface area contributed by atoms with Crippen molar-refractivity contribution < 1.29 is 9.53 Å². The van der Waals surface area contributed by atoms with E-state index in [2.05, 4.69) is 45.9 Å². The second-order valence-electron chi connectivity index (χ2n) is 8.80. The Kier molecular flexibility index (Phi) is 6.36. The summed E-state index contributed by atoms with van der Waals surface area (Å²) in [6, 6.07) is 18.3. The van der Waals surface area contributed by atoms with E-state index in [9.17, 15) is 4.79 Å². The van der Waals surface area contributed by atoms with Crippen LogP contribution in [0.5, 0.6) is 5.75 Å². The minimum absolute atomic E-state index is 0.0140. The highest BCUT2D eigenvalue weighted by molar-refractivity contribution is 8.27. The Morgan fingerprint density at radius 1 is 1.08 bits per heavy atom. The number of nitrogens with zero attached hydrogens (tertiary/aromatic N) is 4. The number of aliphatic imine (C=N–C) groups is 1. The number of thioether (sulfide) groups is 1. The molecule has 3 heterocycles. The minimum Gasteiger partial charge on any atom is -0.487 e. The molecule has 1 aromatic heterocycles. The van der Waals surface area contributed by atoms with Gasteiger partial charge in [-0.15, -0.1) is 0 Å². The molecule has 36 heavy (non-hydrogen) atoms. The van der Waals surface area contributed by atoms with Gasteiger partial charge in [-0.25, -0.2) is 0 Å². The molecule has 2 aliphatic rings. The van der Waals surface area contributed by atoms with Gasteiger partial charge in [0.2, 0.25) is 5.17 Å². The van der Waals surface area contributed by atoms with E-state index in [4.69, 9.17) is 10.1 Å². The van der Waals surface area contributed by atoms with Crippen molar-refractivity contribution in [3.8, 4) is 11.4 Å². The summed E-state index contributed by atoms with van der Waals surface area (Å²) in [5.74, 6) is 0.323. The third kappa shape index (κ3) is 4.52. The van der Waals surface area contributed by atoms with Gasteiger partial charge in [-0.3, -0.25) is 10.2 Å². The molecular formula is C28H27N5O2S. The molecule has 0 atom stereocenters. The molecule has 0 bridgehead atoms. The van der Waals surface area contributed by atoms with Gasteiger partial charge < -0.3 is 9.30 Å². The van der Waals surface area contributed by atoms with E-state index < -0.39 is 5.91 Å². The first-order chi connectivity index (χ1) is 17.3. The number of carbonyl (C=O) groups excluding carboxylic acids is 1. The van der Waals surface area contributed by atoms with Gasteiger partial charge in [-0.1, -0.05) is 31.2 Å². The zero-order valence-electron chi connectivity index (χ0n) is 20.7. The lowest BCUT2D eigenvalue weighted by atomic mass is 10.1. The highest BCUT2D eigenvalue weighted by Crippen LogP contribution is 2.30. The lowest BCUT2D eigenvalue weighted by Crippen LogP contribution is -2.35. The van der Waals surface area contributed by atoms with Crippen LogP contribution < -0.4 is 4.74 Å². The van der Waals surface area contributed by atoms with Gasteiger partial charge in [-0.05, 0) is 92.1 Å². The number of ether oxygens (including phenoxy) is 1. The molecule has 5 rings (SSSR count). The summed E-state index contributed by atoms with van der Waals surface area (Å²) in [7, 11) is 0. The number of nitrogens with one attached hydrogen (secondary N) is 1. The largest absolute Gasteiger partial charge is 0.487 e. The number of fused-ring (bicyclic) bond motifs is 1. The molecule has 0 spiro atoms. The molecule has 0 saturated heterocycles. The summed E-state index contributed by atoms with van der Waals surface area (Å²) in [5.41, 5.74) is 6.58. The maximum Gasteiger partial charge on any atom is 0.283 e. The van der Waals surface area contributed by atoms with E-state index in [0.717, 1.165) is 40.4 Å². The first-order valence-electron chi connectivity index (χ1n) is 11.8. The van der Waals surface area contributed by atoms with Gasteiger partial charge in [0.05, 0.1) is 5.57 Å². The van der Waals surface area contributed by atoms with Crippen molar-refractivity contribution in [1.82, 2.24) is 9.58 Å². The molecule has 0 radical (unpaired) electrons. The standard InChI is InChI=1S/C28H27N5O2S/c1-5-20-9-11-22(12-10-20)32-18(3)14-21(19(32)4)15-24-26(29)33-28(30-27(24)34)36-25(31-33)16-35-23-8-6-7-17(2)13-23/h6-15,29H,5,16H2,1-4H3. The predicted octanol–water partition coefficient (Wildman–Crippen LogP) is 5.66. The van der Waals surface area contributed by atoms with Gasteiger partial charge >= 0.3 is 0 Å². The predicted molar refractivity (Wildman–Crippen MR) is 146 cm³/mol. The SMILES string of the molecule is CCc1ccc(-n2c(C)cc(C=C3C(=N)N4N=C(COc5cccc(C)c5)SC4=NC3=O)c2C)cc1. The Morgan fingerprint density at radius 3 is 2.58 bits per heavy atom. The zero-order chi connectivity index (χ0) is 25.4. The average Bonchev–Trinajstić information content (AvgIpc) is 3.40. The fourth-order valence-electron chi connectivity index (χ4n) is 4.31. The summed E-state index contributed by atoms with van der Waals surface area (Å²) in [5, 5.41) is 15.6. The fourth-order valence-corrected chi connectivity index (χ4v) is 5.11. The Bertz CT molecular complexity index is 1460. The van der Waals surface area contributed by atoms with Crippen LogP contribution in [0.2, 0.25) is 0 Å². The van der Waals surface area contributed by atoms with Gasteiger partial charge in [-0.2, -0.15) is 15.1 Å². The normalized spacial score (nSPS) is 16.3. The maximum absolute atomic E-state index is 12.9. The quantitative estimate of drug-likeness (QED) is 0.445. The maximum atomic E-state index is 12.9. The van der Waals surface area contributed by atoms with Crippen LogP contribution in [-0.2, 0) is 11.2 Å². The molecular weight excluding hydrogens is 470 g/mol. The van der Waals surface area contributed by atoms with Crippen molar-refractivity contribution in [2.75, 3.05) is 6.61 Å². The summed E-state index contributed by atoms with van der Waals surface area (Å²) >= 11 is 1.25. The average molecular weight is 498 g/mol. The topological polar surface area (TPSA) is 83.0 Å². The van der Waals surface area contributed by atoms with Gasteiger partial charge in [0.25, 0.3) is 5.91 Å². The number of rotatable bonds is 6. The number of hydrogen-bond acceptors (Lipinski definition) is 5. The Labute approximate surface area is 214 Å². The van der Waals surface area contributed by atoms with Crippen LogP contribution in [0, 0.1) is 26.2 Å². The number of amidine groups is 2. The number of aromatic nitrogens is 1. The number of aryl methyl sites for hydroxylation is 3. The third-order valence-corrected chi connectivity index (χ3v) is 7.10. The van der Waals surface area contributed by atoms with Crippen molar-refractivity contribution in [3.05, 3.63) is 88.2 Å². The summed E-state index contributed by atoms with van der Waals surface area (Å²) in [6.45, 7) is 8.43. The Hall–Kier alpha value is -3.91. The number of hydrazone groups is 1. The van der Waals surface area contributed by atoms with E-state index in [1.165, 1.54) is 22.3 Å². The van der Waals surface area contributed by atoms with E-state index in [-0.39, 0.29) is 18.0 Å². The van der Waals surface area contributed by atoms with Crippen molar-refractivity contribution in [2.45, 2.75) is 34.1 Å². The van der Waals surface area contributed by atoms with Crippen molar-refractivity contribution >= 4 is 39.8 Å². The molecule has 1 amide bonds. The Balaban J connectivity index is 1.39. The first-order valence-corrected chi connectivity index (χ1v) is 12.6. The van der Waals surface area contributed by atoms with Crippen molar-refractivity contribution in [3.63, 3.8) is 0 Å². The van der Waals surface area contributed by atoms with E-state index in [1.54, 1.807) is 6.08 Å². The fraction of sp³-hybridized carbons (Fsp3) is 0.214. The smallest absolute Gasteiger partial charge is 0.283 e. The van der Waals surface area contributed by atoms with Gasteiger partial charge in [0.1, 0.15) is 17.4 Å². The molecule has 2 aliphatic heterocycles. The number of amides is 1. The minimum atomic E-state index is -0.438. The van der Waals surface area contributed by atoms with Crippen LogP contribution in [0.4, 0.5) is 0 Å². The molecule has 0 saturated carbocycles. The molecule has 2 aromatic carbocycles. The second-order valence-corrected chi connectivity index (χ2v) is 9.84. The Morgan fingerprint density at radius 2 is 1.86 bits per heavy atom.